The maximum atomic E-state index is 6.24. The summed E-state index contributed by atoms with van der Waals surface area (Å²) in [6, 6.07) is 5.46. The van der Waals surface area contributed by atoms with E-state index in [0.29, 0.717) is 11.0 Å². The molecule has 0 aliphatic carbocycles. The predicted molar refractivity (Wildman–Crippen MR) is 83.2 cm³/mol. The molecule has 1 atom stereocenters. The van der Waals surface area contributed by atoms with E-state index in [2.05, 4.69) is 4.98 Å². The molecule has 0 amide bonds. The Morgan fingerprint density at radius 3 is 2.62 bits per heavy atom. The molecule has 2 rings (SSSR count). The monoisotopic (exact) mass is 308 g/mol. The van der Waals surface area contributed by atoms with E-state index < -0.39 is 0 Å². The number of aromatic nitrogens is 1. The van der Waals surface area contributed by atoms with Crippen molar-refractivity contribution in [1.82, 2.24) is 4.98 Å². The summed E-state index contributed by atoms with van der Waals surface area (Å²) in [5, 5.41) is 0.646. The highest BCUT2D eigenvalue weighted by Crippen LogP contribution is 2.31. The van der Waals surface area contributed by atoms with E-state index in [1.54, 1.807) is 14.2 Å². The van der Waals surface area contributed by atoms with Crippen LogP contribution in [0.2, 0.25) is 0 Å². The molecular formula is C15H20N2O3S. The van der Waals surface area contributed by atoms with Crippen LogP contribution in [-0.4, -0.2) is 25.0 Å². The number of nitrogens with two attached hydrogens (primary N) is 1. The average molecular weight is 308 g/mol. The highest BCUT2D eigenvalue weighted by molar-refractivity contribution is 7.99. The first-order valence-electron chi connectivity index (χ1n) is 6.59. The van der Waals surface area contributed by atoms with Crippen LogP contribution in [0.4, 0.5) is 0 Å². The lowest BCUT2D eigenvalue weighted by atomic mass is 10.1. The fourth-order valence-electron chi connectivity index (χ4n) is 1.88. The molecule has 0 saturated carbocycles. The van der Waals surface area contributed by atoms with Crippen molar-refractivity contribution in [1.29, 1.82) is 0 Å². The van der Waals surface area contributed by atoms with Crippen LogP contribution < -0.4 is 15.2 Å². The van der Waals surface area contributed by atoms with Crippen LogP contribution >= 0.6 is 11.8 Å². The van der Waals surface area contributed by atoms with Gasteiger partial charge in [0.05, 0.1) is 19.9 Å². The summed E-state index contributed by atoms with van der Waals surface area (Å²) in [5.41, 5.74) is 8.09. The average Bonchev–Trinajstić information content (AvgIpc) is 2.82. The van der Waals surface area contributed by atoms with Crippen molar-refractivity contribution < 1.29 is 13.9 Å². The molecule has 0 saturated heterocycles. The van der Waals surface area contributed by atoms with Crippen LogP contribution in [0.15, 0.2) is 27.8 Å². The van der Waals surface area contributed by atoms with E-state index in [-0.39, 0.29) is 6.04 Å². The quantitative estimate of drug-likeness (QED) is 0.827. The normalized spacial score (nSPS) is 12.2. The Balaban J connectivity index is 2.07. The lowest BCUT2D eigenvalue weighted by Crippen LogP contribution is -2.14. The Labute approximate surface area is 128 Å². The molecule has 114 valence electrons. The number of benzene rings is 1. The topological polar surface area (TPSA) is 70.5 Å². The second-order valence-electron chi connectivity index (χ2n) is 4.65. The van der Waals surface area contributed by atoms with E-state index in [4.69, 9.17) is 19.6 Å². The van der Waals surface area contributed by atoms with Gasteiger partial charge in [-0.15, -0.1) is 0 Å². The molecule has 2 aromatic rings. The molecule has 0 spiro atoms. The number of ether oxygens (including phenoxy) is 2. The minimum Gasteiger partial charge on any atom is -0.497 e. The number of nitrogens with zero attached hydrogens (tertiary/aromatic N) is 1. The molecule has 0 radical (unpaired) electrons. The van der Waals surface area contributed by atoms with E-state index in [0.717, 1.165) is 28.5 Å². The van der Waals surface area contributed by atoms with Gasteiger partial charge < -0.3 is 19.6 Å². The fourth-order valence-corrected chi connectivity index (χ4v) is 2.77. The molecule has 0 aliphatic rings. The van der Waals surface area contributed by atoms with Crippen molar-refractivity contribution in [3.05, 3.63) is 35.2 Å². The molecule has 0 fully saturated rings. The summed E-state index contributed by atoms with van der Waals surface area (Å²) >= 11 is 1.50. The van der Waals surface area contributed by atoms with Gasteiger partial charge in [-0.1, -0.05) is 17.8 Å². The van der Waals surface area contributed by atoms with E-state index in [1.165, 1.54) is 11.8 Å². The van der Waals surface area contributed by atoms with Gasteiger partial charge in [-0.05, 0) is 19.9 Å². The fraction of sp³-hybridized carbons (Fsp3) is 0.400. The van der Waals surface area contributed by atoms with Gasteiger partial charge in [-0.3, -0.25) is 0 Å². The van der Waals surface area contributed by atoms with Crippen LogP contribution in [-0.2, 0) is 0 Å². The Morgan fingerprint density at radius 2 is 2.05 bits per heavy atom. The van der Waals surface area contributed by atoms with Gasteiger partial charge in [0.15, 0.2) is 0 Å². The van der Waals surface area contributed by atoms with E-state index >= 15 is 0 Å². The van der Waals surface area contributed by atoms with Gasteiger partial charge in [0.25, 0.3) is 5.22 Å². The minimum atomic E-state index is -0.177. The van der Waals surface area contributed by atoms with Gasteiger partial charge in [-0.2, -0.15) is 0 Å². The maximum Gasteiger partial charge on any atom is 0.256 e. The molecule has 1 aromatic carbocycles. The number of thioether (sulfide) groups is 1. The van der Waals surface area contributed by atoms with Gasteiger partial charge >= 0.3 is 0 Å². The molecule has 1 aromatic heterocycles. The van der Waals surface area contributed by atoms with Crippen LogP contribution in [0.1, 0.15) is 23.1 Å². The first-order valence-corrected chi connectivity index (χ1v) is 7.58. The third-order valence-electron chi connectivity index (χ3n) is 3.24. The van der Waals surface area contributed by atoms with Crippen LogP contribution in [0.5, 0.6) is 11.5 Å². The molecule has 1 heterocycles. The van der Waals surface area contributed by atoms with Gasteiger partial charge in [0.1, 0.15) is 17.3 Å². The molecule has 1 unspecified atom stereocenters. The Kier molecular flexibility index (Phi) is 5.14. The summed E-state index contributed by atoms with van der Waals surface area (Å²) in [5.74, 6) is 2.96. The summed E-state index contributed by atoms with van der Waals surface area (Å²) in [4.78, 5) is 4.34. The van der Waals surface area contributed by atoms with Crippen molar-refractivity contribution in [2.24, 2.45) is 5.73 Å². The second-order valence-corrected chi connectivity index (χ2v) is 5.62. The highest BCUT2D eigenvalue weighted by atomic mass is 32.2. The molecule has 0 aliphatic heterocycles. The number of methoxy groups -OCH3 is 2. The van der Waals surface area contributed by atoms with Crippen LogP contribution in [0.3, 0.4) is 0 Å². The number of hydrogen-bond donors (Lipinski definition) is 1. The van der Waals surface area contributed by atoms with Crippen molar-refractivity contribution in [3.8, 4) is 11.5 Å². The third kappa shape index (κ3) is 3.71. The highest BCUT2D eigenvalue weighted by Gasteiger charge is 2.15. The van der Waals surface area contributed by atoms with Crippen molar-refractivity contribution in [2.75, 3.05) is 20.0 Å². The largest absolute Gasteiger partial charge is 0.497 e. The SMILES string of the molecule is COc1ccc(C(N)CSc2nc(C)c(C)o2)c(OC)c1. The Hall–Kier alpha value is -1.66. The summed E-state index contributed by atoms with van der Waals surface area (Å²) in [6.07, 6.45) is 0. The molecule has 5 nitrogen and oxygen atoms in total. The first-order chi connectivity index (χ1) is 10.0. The maximum absolute atomic E-state index is 6.24. The smallest absolute Gasteiger partial charge is 0.256 e. The minimum absolute atomic E-state index is 0.177. The summed E-state index contributed by atoms with van der Waals surface area (Å²) in [7, 11) is 3.25. The second kappa shape index (κ2) is 6.87. The van der Waals surface area contributed by atoms with E-state index in [1.807, 2.05) is 32.0 Å². The van der Waals surface area contributed by atoms with Crippen LogP contribution in [0.25, 0.3) is 0 Å². The van der Waals surface area contributed by atoms with Crippen molar-refractivity contribution in [3.63, 3.8) is 0 Å². The summed E-state index contributed by atoms with van der Waals surface area (Å²) in [6.45, 7) is 3.83. The van der Waals surface area contributed by atoms with Crippen molar-refractivity contribution in [2.45, 2.75) is 25.1 Å². The Bertz CT molecular complexity index is 593. The lowest BCUT2D eigenvalue weighted by Gasteiger charge is -2.15. The van der Waals surface area contributed by atoms with Gasteiger partial charge in [0.2, 0.25) is 0 Å². The third-order valence-corrected chi connectivity index (χ3v) is 4.18. The summed E-state index contributed by atoms with van der Waals surface area (Å²) < 4.78 is 16.1. The zero-order chi connectivity index (χ0) is 15.4. The number of aryl methyl sites for hydroxylation is 2. The van der Waals surface area contributed by atoms with E-state index in [9.17, 15) is 0 Å². The molecular weight excluding hydrogens is 288 g/mol. The molecule has 2 N–H and O–H groups in total. The van der Waals surface area contributed by atoms with Crippen molar-refractivity contribution >= 4 is 11.8 Å². The number of hydrogen-bond acceptors (Lipinski definition) is 6. The first kappa shape index (κ1) is 15.7. The van der Waals surface area contributed by atoms with Gasteiger partial charge in [-0.25, -0.2) is 4.98 Å². The zero-order valence-electron chi connectivity index (χ0n) is 12.7. The Morgan fingerprint density at radius 1 is 1.29 bits per heavy atom. The zero-order valence-corrected chi connectivity index (χ0v) is 13.5. The molecule has 6 heteroatoms. The van der Waals surface area contributed by atoms with Crippen LogP contribution in [0, 0.1) is 13.8 Å². The van der Waals surface area contributed by atoms with Gasteiger partial charge in [0, 0.05) is 23.4 Å². The molecule has 21 heavy (non-hydrogen) atoms. The number of rotatable bonds is 6. The predicted octanol–water partition coefficient (Wildman–Crippen LogP) is 3.10. The lowest BCUT2D eigenvalue weighted by molar-refractivity contribution is 0.389. The molecule has 0 bridgehead atoms. The standard InChI is InChI=1S/C15H20N2O3S/c1-9-10(2)20-15(17-9)21-8-13(16)12-6-5-11(18-3)7-14(12)19-4/h5-7,13H,8,16H2,1-4H3. The number of oxazole rings is 1.